The van der Waals surface area contributed by atoms with Crippen molar-refractivity contribution in [3.63, 3.8) is 0 Å². The summed E-state index contributed by atoms with van der Waals surface area (Å²) < 4.78 is 11.0. The Morgan fingerprint density at radius 3 is 1.66 bits per heavy atom. The monoisotopic (exact) mass is 599 g/mol. The molecule has 0 saturated carbocycles. The van der Waals surface area contributed by atoms with Crippen LogP contribution in [0.25, 0.3) is 92.9 Å². The zero-order valence-corrected chi connectivity index (χ0v) is 25.2. The summed E-state index contributed by atoms with van der Waals surface area (Å²) in [7, 11) is 0. The molecule has 0 fully saturated rings. The van der Waals surface area contributed by atoms with Crippen molar-refractivity contribution in [1.29, 1.82) is 0 Å². The first kappa shape index (κ1) is 25.7. The predicted molar refractivity (Wildman–Crippen MR) is 194 cm³/mol. The summed E-state index contributed by atoms with van der Waals surface area (Å²) in [5.41, 5.74) is 11.3. The Morgan fingerprint density at radius 1 is 0.404 bits per heavy atom. The standard InChI is InChI=1S/C43H25N3O/c1-44-29-20-21-40-35(24-29)36-25-37-34-16-4-7-19-42(34)47-43(37)26-41(36)46(40)31-13-9-11-28(23-31)27-10-8-12-30(22-27)45-38-17-5-2-14-32(38)33-15-3-6-18-39(33)45/h2-26H. The first-order valence-electron chi connectivity index (χ1n) is 15.7. The fourth-order valence-electron chi connectivity index (χ4n) is 7.42. The topological polar surface area (TPSA) is 27.4 Å². The largest absolute Gasteiger partial charge is 0.456 e. The van der Waals surface area contributed by atoms with Crippen LogP contribution in [0.1, 0.15) is 0 Å². The third-order valence-electron chi connectivity index (χ3n) is 9.50. The van der Waals surface area contributed by atoms with E-state index in [9.17, 15) is 0 Å². The highest BCUT2D eigenvalue weighted by Gasteiger charge is 2.18. The lowest BCUT2D eigenvalue weighted by atomic mass is 10.0. The molecule has 0 unspecified atom stereocenters. The zero-order chi connectivity index (χ0) is 31.1. The second-order valence-electron chi connectivity index (χ2n) is 12.1. The molecule has 4 heteroatoms. The van der Waals surface area contributed by atoms with Crippen LogP contribution in [-0.4, -0.2) is 9.13 Å². The van der Waals surface area contributed by atoms with Crippen molar-refractivity contribution < 1.29 is 4.42 Å². The van der Waals surface area contributed by atoms with Crippen molar-refractivity contribution in [2.75, 3.05) is 0 Å². The molecule has 0 aliphatic heterocycles. The van der Waals surface area contributed by atoms with Crippen molar-refractivity contribution in [2.24, 2.45) is 0 Å². The summed E-state index contributed by atoms with van der Waals surface area (Å²) in [5, 5.41) is 6.83. The second-order valence-corrected chi connectivity index (χ2v) is 12.1. The molecular weight excluding hydrogens is 574 g/mol. The van der Waals surface area contributed by atoms with E-state index < -0.39 is 0 Å². The maximum Gasteiger partial charge on any atom is 0.188 e. The molecule has 0 atom stereocenters. The van der Waals surface area contributed by atoms with E-state index in [2.05, 4.69) is 135 Å². The summed E-state index contributed by atoms with van der Waals surface area (Å²) in [5.74, 6) is 0. The Balaban J connectivity index is 1.18. The van der Waals surface area contributed by atoms with Gasteiger partial charge in [0.25, 0.3) is 0 Å². The molecule has 0 amide bonds. The number of nitrogens with zero attached hydrogens (tertiary/aromatic N) is 3. The number of aromatic nitrogens is 2. The molecule has 10 rings (SSSR count). The highest BCUT2D eigenvalue weighted by atomic mass is 16.3. The van der Waals surface area contributed by atoms with Gasteiger partial charge in [0, 0.05) is 44.4 Å². The molecule has 3 heterocycles. The Labute approximate surface area is 269 Å². The molecule has 0 spiro atoms. The molecule has 3 aromatic heterocycles. The average Bonchev–Trinajstić information content (AvgIpc) is 3.77. The molecule has 0 N–H and O–H groups in total. The lowest BCUT2D eigenvalue weighted by Gasteiger charge is -2.13. The average molecular weight is 600 g/mol. The van der Waals surface area contributed by atoms with Crippen LogP contribution in [0.5, 0.6) is 0 Å². The zero-order valence-electron chi connectivity index (χ0n) is 25.2. The van der Waals surface area contributed by atoms with Gasteiger partial charge in [-0.1, -0.05) is 84.9 Å². The normalized spacial score (nSPS) is 11.8. The summed E-state index contributed by atoms with van der Waals surface area (Å²) in [6, 6.07) is 53.3. The molecule has 0 saturated heterocycles. The van der Waals surface area contributed by atoms with Gasteiger partial charge in [-0.25, -0.2) is 4.85 Å². The molecule has 0 radical (unpaired) electrons. The van der Waals surface area contributed by atoms with Gasteiger partial charge in [-0.15, -0.1) is 0 Å². The minimum atomic E-state index is 0.629. The number of benzene rings is 7. The number of fused-ring (bicyclic) bond motifs is 9. The fraction of sp³-hybridized carbons (Fsp3) is 0. The molecule has 0 aliphatic carbocycles. The van der Waals surface area contributed by atoms with Crippen LogP contribution in [0.4, 0.5) is 5.69 Å². The van der Waals surface area contributed by atoms with E-state index in [-0.39, 0.29) is 0 Å². The Hall–Kier alpha value is -6.57. The summed E-state index contributed by atoms with van der Waals surface area (Å²) in [6.07, 6.45) is 0. The molecule has 0 aliphatic rings. The summed E-state index contributed by atoms with van der Waals surface area (Å²) in [6.45, 7) is 7.70. The number of hydrogen-bond donors (Lipinski definition) is 0. The Morgan fingerprint density at radius 2 is 0.979 bits per heavy atom. The molecule has 218 valence electrons. The van der Waals surface area contributed by atoms with Gasteiger partial charge in [0.2, 0.25) is 0 Å². The number of para-hydroxylation sites is 3. The van der Waals surface area contributed by atoms with Gasteiger partial charge in [-0.2, -0.15) is 0 Å². The van der Waals surface area contributed by atoms with E-state index >= 15 is 0 Å². The Kier molecular flexibility index (Phi) is 5.32. The van der Waals surface area contributed by atoms with Gasteiger partial charge in [0.1, 0.15) is 11.2 Å². The highest BCUT2D eigenvalue weighted by Crippen LogP contribution is 2.40. The van der Waals surface area contributed by atoms with Crippen molar-refractivity contribution >= 4 is 71.2 Å². The quantitative estimate of drug-likeness (QED) is 0.186. The van der Waals surface area contributed by atoms with Crippen LogP contribution >= 0.6 is 0 Å². The molecule has 10 aromatic rings. The Bertz CT molecular complexity index is 2880. The van der Waals surface area contributed by atoms with Crippen LogP contribution < -0.4 is 0 Å². The van der Waals surface area contributed by atoms with E-state index in [0.29, 0.717) is 5.69 Å². The minimum Gasteiger partial charge on any atom is -0.456 e. The predicted octanol–water partition coefficient (Wildman–Crippen LogP) is 12.0. The van der Waals surface area contributed by atoms with Crippen LogP contribution in [0.3, 0.4) is 0 Å². The van der Waals surface area contributed by atoms with E-state index in [1.807, 2.05) is 30.3 Å². The van der Waals surface area contributed by atoms with Crippen molar-refractivity contribution in [3.8, 4) is 22.5 Å². The van der Waals surface area contributed by atoms with E-state index in [1.165, 1.54) is 21.8 Å². The van der Waals surface area contributed by atoms with Gasteiger partial charge >= 0.3 is 0 Å². The molecule has 7 aromatic carbocycles. The minimum absolute atomic E-state index is 0.629. The van der Waals surface area contributed by atoms with Crippen LogP contribution in [0.15, 0.2) is 156 Å². The van der Waals surface area contributed by atoms with Crippen LogP contribution in [0.2, 0.25) is 0 Å². The van der Waals surface area contributed by atoms with Crippen LogP contribution in [0, 0.1) is 6.57 Å². The summed E-state index contributed by atoms with van der Waals surface area (Å²) >= 11 is 0. The SMILES string of the molecule is [C-]#[N+]c1ccc2c(c1)c1cc3c(cc1n2-c1cccc(-c2cccc(-n4c5ccccc5c5ccccc54)c2)c1)oc1ccccc13. The van der Waals surface area contributed by atoms with E-state index in [1.54, 1.807) is 0 Å². The van der Waals surface area contributed by atoms with Gasteiger partial charge in [0.05, 0.1) is 28.6 Å². The lowest BCUT2D eigenvalue weighted by molar-refractivity contribution is 0.669. The van der Waals surface area contributed by atoms with Gasteiger partial charge in [-0.05, 0) is 77.2 Å². The maximum absolute atomic E-state index is 7.70. The highest BCUT2D eigenvalue weighted by molar-refractivity contribution is 6.18. The molecule has 47 heavy (non-hydrogen) atoms. The fourth-order valence-corrected chi connectivity index (χ4v) is 7.42. The summed E-state index contributed by atoms with van der Waals surface area (Å²) in [4.78, 5) is 3.75. The van der Waals surface area contributed by atoms with Gasteiger partial charge < -0.3 is 13.6 Å². The number of hydrogen-bond acceptors (Lipinski definition) is 1. The molecular formula is C43H25N3O. The third kappa shape index (κ3) is 3.75. The van der Waals surface area contributed by atoms with Crippen LogP contribution in [-0.2, 0) is 0 Å². The van der Waals surface area contributed by atoms with Crippen molar-refractivity contribution in [2.45, 2.75) is 0 Å². The molecule has 4 nitrogen and oxygen atoms in total. The van der Waals surface area contributed by atoms with E-state index in [4.69, 9.17) is 11.0 Å². The first-order chi connectivity index (χ1) is 23.2. The van der Waals surface area contributed by atoms with Gasteiger partial charge in [0.15, 0.2) is 5.69 Å². The smallest absolute Gasteiger partial charge is 0.188 e. The van der Waals surface area contributed by atoms with E-state index in [0.717, 1.165) is 66.2 Å². The first-order valence-corrected chi connectivity index (χ1v) is 15.7. The maximum atomic E-state index is 7.70. The van der Waals surface area contributed by atoms with Crippen molar-refractivity contribution in [1.82, 2.24) is 9.13 Å². The number of furan rings is 1. The van der Waals surface area contributed by atoms with Crippen molar-refractivity contribution in [3.05, 3.63) is 163 Å². The van der Waals surface area contributed by atoms with Gasteiger partial charge in [-0.3, -0.25) is 0 Å². The molecule has 0 bridgehead atoms. The second kappa shape index (κ2) is 9.71. The lowest BCUT2D eigenvalue weighted by Crippen LogP contribution is -1.96. The number of rotatable bonds is 3. The third-order valence-corrected chi connectivity index (χ3v) is 9.50.